The predicted octanol–water partition coefficient (Wildman–Crippen LogP) is 3.13. The highest BCUT2D eigenvalue weighted by atomic mass is 16.5. The average molecular weight is 237 g/mol. The third-order valence-electron chi connectivity index (χ3n) is 2.50. The number of aromatic nitrogens is 1. The maximum Gasteiger partial charge on any atom is 0.149 e. The van der Waals surface area contributed by atoms with Crippen molar-refractivity contribution in [1.82, 2.24) is 4.98 Å². The van der Waals surface area contributed by atoms with Crippen molar-refractivity contribution in [2.45, 2.75) is 13.8 Å². The molecule has 2 nitrogen and oxygen atoms in total. The number of hydrogen-bond donors (Lipinski definition) is 0. The van der Waals surface area contributed by atoms with Gasteiger partial charge in [0.15, 0.2) is 0 Å². The van der Waals surface area contributed by atoms with Gasteiger partial charge in [-0.15, -0.1) is 0 Å². The highest BCUT2D eigenvalue weighted by Crippen LogP contribution is 2.15. The maximum atomic E-state index is 5.59. The van der Waals surface area contributed by atoms with Gasteiger partial charge in [0.1, 0.15) is 18.1 Å². The molecule has 0 saturated carbocycles. The van der Waals surface area contributed by atoms with Gasteiger partial charge in [0.25, 0.3) is 0 Å². The molecule has 0 saturated heterocycles. The molecule has 2 rings (SSSR count). The van der Waals surface area contributed by atoms with Crippen molar-refractivity contribution in [1.29, 1.82) is 0 Å². The Balaban J connectivity index is 1.96. The van der Waals surface area contributed by atoms with Crippen LogP contribution in [0.4, 0.5) is 0 Å². The van der Waals surface area contributed by atoms with E-state index in [1.165, 1.54) is 0 Å². The monoisotopic (exact) mass is 237 g/mol. The van der Waals surface area contributed by atoms with Crippen LogP contribution in [0.5, 0.6) is 5.75 Å². The van der Waals surface area contributed by atoms with Crippen LogP contribution < -0.4 is 4.74 Å². The van der Waals surface area contributed by atoms with E-state index in [1.54, 1.807) is 0 Å². The molecule has 90 valence electrons. The summed E-state index contributed by atoms with van der Waals surface area (Å²) >= 11 is 0. The van der Waals surface area contributed by atoms with Gasteiger partial charge in [0, 0.05) is 5.69 Å². The van der Waals surface area contributed by atoms with Gasteiger partial charge in [-0.25, -0.2) is 4.98 Å². The number of nitrogens with zero attached hydrogens (tertiary/aromatic N) is 1. The van der Waals surface area contributed by atoms with Crippen molar-refractivity contribution >= 4 is 0 Å². The van der Waals surface area contributed by atoms with Gasteiger partial charge in [-0.1, -0.05) is 30.2 Å². The molecule has 1 aromatic carbocycles. The molecule has 0 aliphatic heterocycles. The van der Waals surface area contributed by atoms with E-state index in [4.69, 9.17) is 4.74 Å². The number of hydrogen-bond acceptors (Lipinski definition) is 2. The quantitative estimate of drug-likeness (QED) is 0.749. The average Bonchev–Trinajstić information content (AvgIpc) is 2.37. The predicted molar refractivity (Wildman–Crippen MR) is 72.5 cm³/mol. The van der Waals surface area contributed by atoms with Gasteiger partial charge in [-0.05, 0) is 43.5 Å². The number of benzene rings is 1. The fourth-order valence-corrected chi connectivity index (χ4v) is 1.57. The maximum absolute atomic E-state index is 5.59. The summed E-state index contributed by atoms with van der Waals surface area (Å²) in [6.45, 7) is 4.35. The van der Waals surface area contributed by atoms with Crippen LogP contribution in [0.3, 0.4) is 0 Å². The number of ether oxygens (including phenoxy) is 1. The topological polar surface area (TPSA) is 22.1 Å². The third-order valence-corrected chi connectivity index (χ3v) is 2.50. The van der Waals surface area contributed by atoms with Crippen molar-refractivity contribution in [2.24, 2.45) is 0 Å². The van der Waals surface area contributed by atoms with Crippen LogP contribution in [0.15, 0.2) is 42.5 Å². The molecular weight excluding hydrogens is 222 g/mol. The zero-order valence-corrected chi connectivity index (χ0v) is 10.6. The lowest BCUT2D eigenvalue weighted by Gasteiger charge is -2.04. The Labute approximate surface area is 108 Å². The Hall–Kier alpha value is -2.27. The molecule has 0 unspecified atom stereocenters. The molecule has 0 radical (unpaired) electrons. The highest BCUT2D eigenvalue weighted by Gasteiger charge is 1.95. The molecule has 0 aliphatic rings. The first kappa shape index (κ1) is 12.2. The van der Waals surface area contributed by atoms with Crippen molar-refractivity contribution in [3.63, 3.8) is 0 Å². The lowest BCUT2D eigenvalue weighted by molar-refractivity contribution is 0.367. The van der Waals surface area contributed by atoms with E-state index in [0.717, 1.165) is 22.7 Å². The van der Waals surface area contributed by atoms with E-state index < -0.39 is 0 Å². The summed E-state index contributed by atoms with van der Waals surface area (Å²) in [4.78, 5) is 4.31. The van der Waals surface area contributed by atoms with Crippen molar-refractivity contribution < 1.29 is 4.74 Å². The van der Waals surface area contributed by atoms with E-state index in [0.29, 0.717) is 6.61 Å². The lowest BCUT2D eigenvalue weighted by atomic mass is 10.2. The minimum atomic E-state index is 0.375. The fourth-order valence-electron chi connectivity index (χ4n) is 1.57. The molecule has 0 amide bonds. The summed E-state index contributed by atoms with van der Waals surface area (Å²) in [5, 5.41) is 0. The summed E-state index contributed by atoms with van der Waals surface area (Å²) in [5.74, 6) is 6.84. The van der Waals surface area contributed by atoms with Crippen LogP contribution in [0.1, 0.15) is 17.0 Å². The van der Waals surface area contributed by atoms with Crippen LogP contribution in [-0.2, 0) is 0 Å². The van der Waals surface area contributed by atoms with Gasteiger partial charge in [-0.3, -0.25) is 0 Å². The van der Waals surface area contributed by atoms with E-state index in [1.807, 2.05) is 56.3 Å². The molecular formula is C16H15NO. The minimum Gasteiger partial charge on any atom is -0.481 e. The standard InChI is InChI=1S/C16H15NO/c1-13-7-3-4-11-16(13)18-12-6-10-15-9-5-8-14(2)17-15/h3-5,7-9,11H,12H2,1-2H3. The molecule has 0 spiro atoms. The summed E-state index contributed by atoms with van der Waals surface area (Å²) < 4.78 is 5.59. The molecule has 0 fully saturated rings. The molecule has 1 aromatic heterocycles. The van der Waals surface area contributed by atoms with Gasteiger partial charge in [-0.2, -0.15) is 0 Å². The summed E-state index contributed by atoms with van der Waals surface area (Å²) in [7, 11) is 0. The zero-order valence-electron chi connectivity index (χ0n) is 10.6. The normalized spacial score (nSPS) is 9.44. The van der Waals surface area contributed by atoms with Crippen LogP contribution in [-0.4, -0.2) is 11.6 Å². The van der Waals surface area contributed by atoms with Gasteiger partial charge >= 0.3 is 0 Å². The molecule has 0 N–H and O–H groups in total. The first-order chi connectivity index (χ1) is 8.75. The largest absolute Gasteiger partial charge is 0.481 e. The minimum absolute atomic E-state index is 0.375. The smallest absolute Gasteiger partial charge is 0.149 e. The van der Waals surface area contributed by atoms with E-state index in [-0.39, 0.29) is 0 Å². The Morgan fingerprint density at radius 3 is 2.67 bits per heavy atom. The van der Waals surface area contributed by atoms with Crippen LogP contribution >= 0.6 is 0 Å². The summed E-state index contributed by atoms with van der Waals surface area (Å²) in [5.41, 5.74) is 2.87. The first-order valence-corrected chi connectivity index (χ1v) is 5.86. The Bertz CT molecular complexity index is 593. The van der Waals surface area contributed by atoms with Gasteiger partial charge in [0.2, 0.25) is 0 Å². The zero-order chi connectivity index (χ0) is 12.8. The van der Waals surface area contributed by atoms with Gasteiger partial charge in [0.05, 0.1) is 0 Å². The molecule has 2 aromatic rings. The molecule has 0 atom stereocenters. The van der Waals surface area contributed by atoms with Crippen LogP contribution in [0.25, 0.3) is 0 Å². The van der Waals surface area contributed by atoms with Crippen molar-refractivity contribution in [3.8, 4) is 17.6 Å². The third kappa shape index (κ3) is 3.36. The first-order valence-electron chi connectivity index (χ1n) is 5.86. The van der Waals surface area contributed by atoms with E-state index >= 15 is 0 Å². The number of aryl methyl sites for hydroxylation is 2. The second-order valence-corrected chi connectivity index (χ2v) is 4.02. The second kappa shape index (κ2) is 5.88. The highest BCUT2D eigenvalue weighted by molar-refractivity contribution is 5.33. The fraction of sp³-hybridized carbons (Fsp3) is 0.188. The van der Waals surface area contributed by atoms with Crippen LogP contribution in [0.2, 0.25) is 0 Å². The molecule has 2 heteroatoms. The van der Waals surface area contributed by atoms with E-state index in [2.05, 4.69) is 16.8 Å². The second-order valence-electron chi connectivity index (χ2n) is 4.02. The SMILES string of the molecule is Cc1cccc(C#CCOc2ccccc2C)n1. The summed E-state index contributed by atoms with van der Waals surface area (Å²) in [6.07, 6.45) is 0. The summed E-state index contributed by atoms with van der Waals surface area (Å²) in [6, 6.07) is 13.7. The number of pyridine rings is 1. The molecule has 0 aliphatic carbocycles. The van der Waals surface area contributed by atoms with Crippen molar-refractivity contribution in [3.05, 3.63) is 59.4 Å². The van der Waals surface area contributed by atoms with Crippen molar-refractivity contribution in [2.75, 3.05) is 6.61 Å². The Kier molecular flexibility index (Phi) is 3.98. The van der Waals surface area contributed by atoms with E-state index in [9.17, 15) is 0 Å². The molecule has 0 bridgehead atoms. The van der Waals surface area contributed by atoms with Crippen LogP contribution in [0, 0.1) is 25.7 Å². The number of rotatable bonds is 2. The Morgan fingerprint density at radius 1 is 1.06 bits per heavy atom. The molecule has 1 heterocycles. The van der Waals surface area contributed by atoms with Gasteiger partial charge < -0.3 is 4.74 Å². The Morgan fingerprint density at radius 2 is 1.89 bits per heavy atom. The molecule has 18 heavy (non-hydrogen) atoms. The lowest BCUT2D eigenvalue weighted by Crippen LogP contribution is -1.96. The number of para-hydroxylation sites is 1.